The Hall–Kier alpha value is -1.59. The Morgan fingerprint density at radius 2 is 1.92 bits per heavy atom. The molecule has 5 nitrogen and oxygen atoms in total. The fourth-order valence-electron chi connectivity index (χ4n) is 3.46. The molecule has 1 N–H and O–H groups in total. The molecule has 1 aromatic carbocycles. The Kier molecular flexibility index (Phi) is 5.41. The van der Waals surface area contributed by atoms with E-state index in [2.05, 4.69) is 48.3 Å². The van der Waals surface area contributed by atoms with Gasteiger partial charge >= 0.3 is 6.03 Å². The second kappa shape index (κ2) is 7.53. The van der Waals surface area contributed by atoms with E-state index in [1.165, 1.54) is 5.56 Å². The maximum atomic E-state index is 12.7. The molecule has 24 heavy (non-hydrogen) atoms. The SMILES string of the molecule is CC1(C)CCN1C(=O)N[C@@H](Cc1ccccc1)CN1CCOCC1. The summed E-state index contributed by atoms with van der Waals surface area (Å²) in [5.74, 6) is 0. The topological polar surface area (TPSA) is 44.8 Å². The Morgan fingerprint density at radius 3 is 2.50 bits per heavy atom. The molecule has 0 radical (unpaired) electrons. The Bertz CT molecular complexity index is 541. The van der Waals surface area contributed by atoms with Crippen LogP contribution in [0.1, 0.15) is 25.8 Å². The summed E-state index contributed by atoms with van der Waals surface area (Å²) in [4.78, 5) is 17.0. The number of amides is 2. The lowest BCUT2D eigenvalue weighted by atomic mass is 9.89. The molecule has 0 spiro atoms. The zero-order chi connectivity index (χ0) is 17.0. The predicted octanol–water partition coefficient (Wildman–Crippen LogP) is 2.12. The van der Waals surface area contributed by atoms with E-state index in [0.29, 0.717) is 0 Å². The number of nitrogens with one attached hydrogen (secondary N) is 1. The van der Waals surface area contributed by atoms with Gasteiger partial charge in [0, 0.05) is 37.8 Å². The van der Waals surface area contributed by atoms with Gasteiger partial charge in [0.1, 0.15) is 0 Å². The normalized spacial score (nSPS) is 21.8. The second-order valence-electron chi connectivity index (χ2n) is 7.46. The molecule has 0 aliphatic carbocycles. The van der Waals surface area contributed by atoms with Crippen LogP contribution in [0.4, 0.5) is 4.79 Å². The second-order valence-corrected chi connectivity index (χ2v) is 7.46. The van der Waals surface area contributed by atoms with Gasteiger partial charge in [0.25, 0.3) is 0 Å². The standard InChI is InChI=1S/C19H29N3O2/c1-19(2)8-9-22(19)18(23)20-17(14-16-6-4-3-5-7-16)15-21-10-12-24-13-11-21/h3-7,17H,8-15H2,1-2H3,(H,20,23)/t17-/m0/s1. The number of carbonyl (C=O) groups is 1. The highest BCUT2D eigenvalue weighted by Gasteiger charge is 2.39. The average Bonchev–Trinajstić information content (AvgIpc) is 2.55. The van der Waals surface area contributed by atoms with Gasteiger partial charge in [0.2, 0.25) is 0 Å². The molecule has 2 heterocycles. The van der Waals surface area contributed by atoms with Crippen LogP contribution >= 0.6 is 0 Å². The van der Waals surface area contributed by atoms with Gasteiger partial charge in [0.05, 0.1) is 13.2 Å². The monoisotopic (exact) mass is 331 g/mol. The number of hydrogen-bond acceptors (Lipinski definition) is 3. The summed E-state index contributed by atoms with van der Waals surface area (Å²) >= 11 is 0. The summed E-state index contributed by atoms with van der Waals surface area (Å²) in [5, 5.41) is 3.27. The number of morpholine rings is 1. The lowest BCUT2D eigenvalue weighted by Gasteiger charge is -2.48. The van der Waals surface area contributed by atoms with E-state index in [1.807, 2.05) is 11.0 Å². The van der Waals surface area contributed by atoms with Gasteiger partial charge in [-0.05, 0) is 32.3 Å². The molecule has 1 atom stereocenters. The average molecular weight is 331 g/mol. The van der Waals surface area contributed by atoms with Gasteiger partial charge in [0.15, 0.2) is 0 Å². The molecule has 132 valence electrons. The molecule has 2 amide bonds. The molecular formula is C19H29N3O2. The van der Waals surface area contributed by atoms with Crippen molar-refractivity contribution in [2.45, 2.75) is 38.3 Å². The van der Waals surface area contributed by atoms with E-state index >= 15 is 0 Å². The minimum absolute atomic E-state index is 0.0135. The molecule has 2 fully saturated rings. The summed E-state index contributed by atoms with van der Waals surface area (Å²) < 4.78 is 5.44. The molecule has 0 bridgehead atoms. The maximum absolute atomic E-state index is 12.7. The summed E-state index contributed by atoms with van der Waals surface area (Å²) in [6.45, 7) is 9.43. The van der Waals surface area contributed by atoms with Gasteiger partial charge in [-0.2, -0.15) is 0 Å². The van der Waals surface area contributed by atoms with Crippen LogP contribution in [-0.4, -0.2) is 66.8 Å². The van der Waals surface area contributed by atoms with Crippen LogP contribution in [0.2, 0.25) is 0 Å². The van der Waals surface area contributed by atoms with Crippen molar-refractivity contribution in [3.05, 3.63) is 35.9 Å². The maximum Gasteiger partial charge on any atom is 0.318 e. The number of benzene rings is 1. The zero-order valence-corrected chi connectivity index (χ0v) is 14.8. The molecule has 1 aromatic rings. The first-order chi connectivity index (χ1) is 11.5. The highest BCUT2D eigenvalue weighted by atomic mass is 16.5. The van der Waals surface area contributed by atoms with Gasteiger partial charge in [-0.3, -0.25) is 4.90 Å². The number of urea groups is 1. The van der Waals surface area contributed by atoms with Gasteiger partial charge in [-0.15, -0.1) is 0 Å². The number of ether oxygens (including phenoxy) is 1. The minimum Gasteiger partial charge on any atom is -0.379 e. The Morgan fingerprint density at radius 1 is 1.21 bits per heavy atom. The van der Waals surface area contributed by atoms with E-state index in [1.54, 1.807) is 0 Å². The van der Waals surface area contributed by atoms with Gasteiger partial charge in [-0.1, -0.05) is 30.3 Å². The Labute approximate surface area is 145 Å². The van der Waals surface area contributed by atoms with E-state index in [9.17, 15) is 4.79 Å². The molecule has 0 saturated carbocycles. The van der Waals surface area contributed by atoms with Crippen LogP contribution < -0.4 is 5.32 Å². The molecular weight excluding hydrogens is 302 g/mol. The van der Waals surface area contributed by atoms with Crippen molar-refractivity contribution in [1.82, 2.24) is 15.1 Å². The molecule has 3 rings (SSSR count). The molecule has 2 saturated heterocycles. The summed E-state index contributed by atoms with van der Waals surface area (Å²) in [6.07, 6.45) is 1.94. The number of carbonyl (C=O) groups excluding carboxylic acids is 1. The van der Waals surface area contributed by atoms with Crippen LogP contribution in [0.3, 0.4) is 0 Å². The van der Waals surface area contributed by atoms with E-state index in [0.717, 1.165) is 52.2 Å². The first-order valence-corrected chi connectivity index (χ1v) is 8.97. The minimum atomic E-state index is -0.0135. The highest BCUT2D eigenvalue weighted by molar-refractivity contribution is 5.76. The smallest absolute Gasteiger partial charge is 0.318 e. The van der Waals surface area contributed by atoms with Crippen LogP contribution in [0, 0.1) is 0 Å². The van der Waals surface area contributed by atoms with Crippen molar-refractivity contribution in [2.75, 3.05) is 39.4 Å². The third-order valence-electron chi connectivity index (χ3n) is 5.16. The zero-order valence-electron chi connectivity index (χ0n) is 14.8. The van der Waals surface area contributed by atoms with E-state index < -0.39 is 0 Å². The number of hydrogen-bond donors (Lipinski definition) is 1. The van der Waals surface area contributed by atoms with Crippen LogP contribution in [-0.2, 0) is 11.2 Å². The third kappa shape index (κ3) is 4.28. The Balaban J connectivity index is 1.63. The molecule has 0 unspecified atom stereocenters. The molecule has 0 aromatic heterocycles. The first-order valence-electron chi connectivity index (χ1n) is 8.97. The van der Waals surface area contributed by atoms with Crippen molar-refractivity contribution in [3.8, 4) is 0 Å². The number of likely N-dealkylation sites (tertiary alicyclic amines) is 1. The van der Waals surface area contributed by atoms with E-state index in [4.69, 9.17) is 4.74 Å². The lowest BCUT2D eigenvalue weighted by Crippen LogP contribution is -2.63. The van der Waals surface area contributed by atoms with Crippen molar-refractivity contribution in [2.24, 2.45) is 0 Å². The fourth-order valence-corrected chi connectivity index (χ4v) is 3.46. The van der Waals surface area contributed by atoms with Crippen LogP contribution in [0.25, 0.3) is 0 Å². The quantitative estimate of drug-likeness (QED) is 0.899. The highest BCUT2D eigenvalue weighted by Crippen LogP contribution is 2.29. The molecule has 2 aliphatic heterocycles. The van der Waals surface area contributed by atoms with Gasteiger partial charge < -0.3 is 15.0 Å². The van der Waals surface area contributed by atoms with Crippen molar-refractivity contribution < 1.29 is 9.53 Å². The summed E-state index contributed by atoms with van der Waals surface area (Å²) in [6, 6.07) is 10.6. The number of nitrogens with zero attached hydrogens (tertiary/aromatic N) is 2. The fraction of sp³-hybridized carbons (Fsp3) is 0.632. The third-order valence-corrected chi connectivity index (χ3v) is 5.16. The van der Waals surface area contributed by atoms with Crippen molar-refractivity contribution >= 4 is 6.03 Å². The molecule has 2 aliphatic rings. The van der Waals surface area contributed by atoms with Crippen LogP contribution in [0.15, 0.2) is 30.3 Å². The summed E-state index contributed by atoms with van der Waals surface area (Å²) in [7, 11) is 0. The predicted molar refractivity (Wildman–Crippen MR) is 95.1 cm³/mol. The lowest BCUT2D eigenvalue weighted by molar-refractivity contribution is 0.0304. The molecule has 5 heteroatoms. The van der Waals surface area contributed by atoms with Crippen LogP contribution in [0.5, 0.6) is 0 Å². The van der Waals surface area contributed by atoms with E-state index in [-0.39, 0.29) is 17.6 Å². The first kappa shape index (κ1) is 17.2. The largest absolute Gasteiger partial charge is 0.379 e. The summed E-state index contributed by atoms with van der Waals surface area (Å²) in [5.41, 5.74) is 1.25. The van der Waals surface area contributed by atoms with Gasteiger partial charge in [-0.25, -0.2) is 4.79 Å². The van der Waals surface area contributed by atoms with Crippen molar-refractivity contribution in [1.29, 1.82) is 0 Å². The number of rotatable bonds is 5. The van der Waals surface area contributed by atoms with Crippen molar-refractivity contribution in [3.63, 3.8) is 0 Å².